The van der Waals surface area contributed by atoms with E-state index >= 15 is 0 Å². The second-order valence-corrected chi connectivity index (χ2v) is 4.99. The van der Waals surface area contributed by atoms with Gasteiger partial charge < -0.3 is 9.73 Å². The molecule has 3 heterocycles. The summed E-state index contributed by atoms with van der Waals surface area (Å²) in [5.41, 5.74) is 2.12. The highest BCUT2D eigenvalue weighted by molar-refractivity contribution is 5.93. The molecule has 0 fully saturated rings. The van der Waals surface area contributed by atoms with Gasteiger partial charge in [0.15, 0.2) is 5.76 Å². The average Bonchev–Trinajstić information content (AvgIpc) is 3.12. The van der Waals surface area contributed by atoms with Crippen LogP contribution in [-0.4, -0.2) is 20.7 Å². The Hall–Kier alpha value is -2.89. The minimum absolute atomic E-state index is 0.179. The normalized spacial score (nSPS) is 10.6. The van der Waals surface area contributed by atoms with Crippen LogP contribution in [0.25, 0.3) is 11.5 Å². The van der Waals surface area contributed by atoms with E-state index in [2.05, 4.69) is 15.4 Å². The van der Waals surface area contributed by atoms with Gasteiger partial charge in [-0.15, -0.1) is 0 Å². The number of hydrogen-bond acceptors (Lipinski definition) is 4. The topological polar surface area (TPSA) is 73.0 Å². The zero-order chi connectivity index (χ0) is 15.5. The summed E-state index contributed by atoms with van der Waals surface area (Å²) in [5.74, 6) is 1.28. The van der Waals surface area contributed by atoms with E-state index < -0.39 is 0 Å². The van der Waals surface area contributed by atoms with Gasteiger partial charge in [-0.25, -0.2) is 0 Å². The third-order valence-corrected chi connectivity index (χ3v) is 3.31. The maximum Gasteiger partial charge on any atom is 0.269 e. The molecule has 1 N–H and O–H groups in total. The Balaban J connectivity index is 1.74. The highest BCUT2D eigenvalue weighted by Crippen LogP contribution is 2.21. The number of furan rings is 1. The summed E-state index contributed by atoms with van der Waals surface area (Å²) in [6, 6.07) is 9.16. The molecule has 6 nitrogen and oxygen atoms in total. The van der Waals surface area contributed by atoms with E-state index in [1.807, 2.05) is 31.2 Å². The van der Waals surface area contributed by atoms with Crippen LogP contribution in [0, 0.1) is 6.92 Å². The van der Waals surface area contributed by atoms with Gasteiger partial charge in [-0.1, -0.05) is 0 Å². The second-order valence-electron chi connectivity index (χ2n) is 4.99. The highest BCUT2D eigenvalue weighted by Gasteiger charge is 2.15. The molecule has 0 spiro atoms. The van der Waals surface area contributed by atoms with Crippen molar-refractivity contribution in [1.82, 2.24) is 20.1 Å². The number of nitrogens with one attached hydrogen (secondary N) is 1. The number of aromatic nitrogens is 3. The van der Waals surface area contributed by atoms with Gasteiger partial charge in [0.05, 0.1) is 0 Å². The molecule has 0 bridgehead atoms. The molecule has 6 heteroatoms. The van der Waals surface area contributed by atoms with Gasteiger partial charge in [-0.3, -0.25) is 14.5 Å². The third-order valence-electron chi connectivity index (χ3n) is 3.31. The van der Waals surface area contributed by atoms with E-state index in [9.17, 15) is 4.79 Å². The molecule has 3 aromatic heterocycles. The van der Waals surface area contributed by atoms with E-state index in [4.69, 9.17) is 4.42 Å². The number of amides is 1. The van der Waals surface area contributed by atoms with E-state index in [1.54, 1.807) is 30.2 Å². The first-order chi connectivity index (χ1) is 10.6. The largest absolute Gasteiger partial charge is 0.460 e. The molecule has 22 heavy (non-hydrogen) atoms. The molecule has 0 aliphatic carbocycles. The fraction of sp³-hybridized carbons (Fsp3) is 0.188. The Labute approximate surface area is 127 Å². The first-order valence-electron chi connectivity index (χ1n) is 6.91. The Kier molecular flexibility index (Phi) is 3.74. The van der Waals surface area contributed by atoms with E-state index in [0.29, 0.717) is 23.7 Å². The van der Waals surface area contributed by atoms with Crippen molar-refractivity contribution in [2.24, 2.45) is 7.05 Å². The van der Waals surface area contributed by atoms with Crippen molar-refractivity contribution in [3.05, 3.63) is 59.7 Å². The SMILES string of the molecule is Cc1ccc(-c2cc(C(=O)NCc3ccncc3)n(C)n2)o1. The molecule has 3 rings (SSSR count). The Morgan fingerprint density at radius 1 is 1.27 bits per heavy atom. The summed E-state index contributed by atoms with van der Waals surface area (Å²) in [6.07, 6.45) is 3.39. The van der Waals surface area contributed by atoms with E-state index in [-0.39, 0.29) is 5.91 Å². The molecule has 3 aromatic rings. The summed E-state index contributed by atoms with van der Waals surface area (Å²) in [5, 5.41) is 7.19. The fourth-order valence-corrected chi connectivity index (χ4v) is 2.15. The summed E-state index contributed by atoms with van der Waals surface area (Å²) in [6.45, 7) is 2.32. The smallest absolute Gasteiger partial charge is 0.269 e. The van der Waals surface area contributed by atoms with Crippen molar-refractivity contribution in [3.63, 3.8) is 0 Å². The van der Waals surface area contributed by atoms with Crippen molar-refractivity contribution in [2.75, 3.05) is 0 Å². The molecule has 0 atom stereocenters. The maximum absolute atomic E-state index is 12.3. The van der Waals surface area contributed by atoms with Gasteiger partial charge in [0, 0.05) is 32.1 Å². The summed E-state index contributed by atoms with van der Waals surface area (Å²) in [4.78, 5) is 16.2. The summed E-state index contributed by atoms with van der Waals surface area (Å²) >= 11 is 0. The number of carbonyl (C=O) groups is 1. The third kappa shape index (κ3) is 2.90. The fourth-order valence-electron chi connectivity index (χ4n) is 2.15. The standard InChI is InChI=1S/C16H16N4O2/c1-11-3-4-15(22-11)13-9-14(20(2)19-13)16(21)18-10-12-5-7-17-8-6-12/h3-9H,10H2,1-2H3,(H,18,21). The predicted molar refractivity (Wildman–Crippen MR) is 81.1 cm³/mol. The van der Waals surface area contributed by atoms with E-state index in [0.717, 1.165) is 11.3 Å². The zero-order valence-electron chi connectivity index (χ0n) is 12.4. The van der Waals surface area contributed by atoms with Crippen molar-refractivity contribution in [3.8, 4) is 11.5 Å². The molecule has 0 aliphatic rings. The zero-order valence-corrected chi connectivity index (χ0v) is 12.4. The van der Waals surface area contributed by atoms with Crippen LogP contribution < -0.4 is 5.32 Å². The highest BCUT2D eigenvalue weighted by atomic mass is 16.3. The Morgan fingerprint density at radius 3 is 2.73 bits per heavy atom. The quantitative estimate of drug-likeness (QED) is 0.802. The molecule has 0 aliphatic heterocycles. The number of rotatable bonds is 4. The van der Waals surface area contributed by atoms with Crippen LogP contribution in [0.3, 0.4) is 0 Å². The number of pyridine rings is 1. The maximum atomic E-state index is 12.3. The lowest BCUT2D eigenvalue weighted by Crippen LogP contribution is -2.25. The molecule has 0 saturated heterocycles. The van der Waals surface area contributed by atoms with Gasteiger partial charge in [0.1, 0.15) is 17.1 Å². The van der Waals surface area contributed by atoms with Crippen LogP contribution >= 0.6 is 0 Å². The summed E-state index contributed by atoms with van der Waals surface area (Å²) < 4.78 is 7.08. The number of hydrogen-bond donors (Lipinski definition) is 1. The van der Waals surface area contributed by atoms with Crippen molar-refractivity contribution >= 4 is 5.91 Å². The second kappa shape index (κ2) is 5.85. The lowest BCUT2D eigenvalue weighted by molar-refractivity contribution is 0.0941. The van der Waals surface area contributed by atoms with Gasteiger partial charge in [0.2, 0.25) is 0 Å². The van der Waals surface area contributed by atoms with Crippen LogP contribution in [0.4, 0.5) is 0 Å². The average molecular weight is 296 g/mol. The molecular weight excluding hydrogens is 280 g/mol. The summed E-state index contributed by atoms with van der Waals surface area (Å²) in [7, 11) is 1.74. The first-order valence-corrected chi connectivity index (χ1v) is 6.91. The van der Waals surface area contributed by atoms with Crippen molar-refractivity contribution < 1.29 is 9.21 Å². The molecule has 0 saturated carbocycles. The molecule has 0 unspecified atom stereocenters. The molecule has 112 valence electrons. The number of nitrogens with zero attached hydrogens (tertiary/aromatic N) is 3. The monoisotopic (exact) mass is 296 g/mol. The van der Waals surface area contributed by atoms with Crippen molar-refractivity contribution in [1.29, 1.82) is 0 Å². The van der Waals surface area contributed by atoms with Gasteiger partial charge in [-0.2, -0.15) is 5.10 Å². The lowest BCUT2D eigenvalue weighted by atomic mass is 10.2. The van der Waals surface area contributed by atoms with Gasteiger partial charge in [0.25, 0.3) is 5.91 Å². The van der Waals surface area contributed by atoms with Gasteiger partial charge >= 0.3 is 0 Å². The van der Waals surface area contributed by atoms with Crippen molar-refractivity contribution in [2.45, 2.75) is 13.5 Å². The lowest BCUT2D eigenvalue weighted by Gasteiger charge is -2.04. The van der Waals surface area contributed by atoms with Gasteiger partial charge in [-0.05, 0) is 36.8 Å². The molecule has 0 radical (unpaired) electrons. The van der Waals surface area contributed by atoms with Crippen LogP contribution in [0.15, 0.2) is 47.1 Å². The minimum atomic E-state index is -0.179. The Bertz CT molecular complexity index is 790. The molecule has 1 amide bonds. The number of aryl methyl sites for hydroxylation is 2. The van der Waals surface area contributed by atoms with Crippen LogP contribution in [0.2, 0.25) is 0 Å². The first kappa shape index (κ1) is 14.1. The Morgan fingerprint density at radius 2 is 2.05 bits per heavy atom. The molecular formula is C16H16N4O2. The van der Waals surface area contributed by atoms with Crippen LogP contribution in [-0.2, 0) is 13.6 Å². The van der Waals surface area contributed by atoms with Crippen LogP contribution in [0.1, 0.15) is 21.8 Å². The van der Waals surface area contributed by atoms with E-state index in [1.165, 1.54) is 0 Å². The number of carbonyl (C=O) groups excluding carboxylic acids is 1. The molecule has 0 aromatic carbocycles. The predicted octanol–water partition coefficient (Wildman–Crippen LogP) is 2.31. The van der Waals surface area contributed by atoms with Crippen LogP contribution in [0.5, 0.6) is 0 Å². The minimum Gasteiger partial charge on any atom is -0.460 e.